The molecule has 1 N–H and O–H groups in total. The van der Waals surface area contributed by atoms with Crippen LogP contribution in [0, 0.1) is 11.7 Å². The molecule has 0 fully saturated rings. The summed E-state index contributed by atoms with van der Waals surface area (Å²) in [5, 5.41) is 2.78. The minimum absolute atomic E-state index is 0.124. The number of rotatable bonds is 2. The fourth-order valence-electron chi connectivity index (χ4n) is 1.82. The van der Waals surface area contributed by atoms with Gasteiger partial charge in [-0.15, -0.1) is 0 Å². The van der Waals surface area contributed by atoms with Crippen LogP contribution in [0.5, 0.6) is 0 Å². The van der Waals surface area contributed by atoms with Crippen molar-refractivity contribution in [1.29, 1.82) is 0 Å². The molecule has 2 atom stereocenters. The lowest BCUT2D eigenvalue weighted by molar-refractivity contribution is -0.118. The number of carbonyl (C=O) groups excluding carboxylic acids is 1. The standard InChI is InChI=1S/C13H15FN2O/c1-3-8(2)12-13(17)16-11-5-4-10(14)6-9(11)7-15-12/h4-8,12H,3H2,1-2H3,(H,16,17)/t8?,12-/m0/s1. The van der Waals surface area contributed by atoms with Crippen molar-refractivity contribution in [3.8, 4) is 0 Å². The Morgan fingerprint density at radius 2 is 2.29 bits per heavy atom. The molecule has 1 heterocycles. The number of halogens is 1. The van der Waals surface area contributed by atoms with E-state index in [1.165, 1.54) is 12.1 Å². The number of benzene rings is 1. The van der Waals surface area contributed by atoms with Gasteiger partial charge in [0.15, 0.2) is 0 Å². The predicted octanol–water partition coefficient (Wildman–Crippen LogP) is 2.61. The molecule has 0 aromatic heterocycles. The smallest absolute Gasteiger partial charge is 0.249 e. The Morgan fingerprint density at radius 3 is 3.00 bits per heavy atom. The summed E-state index contributed by atoms with van der Waals surface area (Å²) in [5.74, 6) is -0.280. The molecule has 1 aliphatic rings. The van der Waals surface area contributed by atoms with Gasteiger partial charge < -0.3 is 5.32 Å². The van der Waals surface area contributed by atoms with Crippen LogP contribution in [0.1, 0.15) is 25.8 Å². The minimum Gasteiger partial charge on any atom is -0.324 e. The fourth-order valence-corrected chi connectivity index (χ4v) is 1.82. The Kier molecular flexibility index (Phi) is 3.22. The molecule has 3 nitrogen and oxygen atoms in total. The topological polar surface area (TPSA) is 41.5 Å². The summed E-state index contributed by atoms with van der Waals surface area (Å²) < 4.78 is 13.1. The average Bonchev–Trinajstić information content (AvgIpc) is 2.47. The van der Waals surface area contributed by atoms with Crippen LogP contribution in [-0.4, -0.2) is 18.2 Å². The zero-order valence-corrected chi connectivity index (χ0v) is 9.90. The highest BCUT2D eigenvalue weighted by molar-refractivity contribution is 6.03. The second-order valence-corrected chi connectivity index (χ2v) is 4.33. The number of carbonyl (C=O) groups is 1. The molecule has 2 rings (SSSR count). The highest BCUT2D eigenvalue weighted by atomic mass is 19.1. The number of aliphatic imine (C=N–C) groups is 1. The van der Waals surface area contributed by atoms with Gasteiger partial charge in [0.25, 0.3) is 0 Å². The number of benzodiazepines with no additional fused rings is 1. The van der Waals surface area contributed by atoms with Crippen LogP contribution in [-0.2, 0) is 4.79 Å². The van der Waals surface area contributed by atoms with Crippen molar-refractivity contribution < 1.29 is 9.18 Å². The summed E-state index contributed by atoms with van der Waals surface area (Å²) >= 11 is 0. The van der Waals surface area contributed by atoms with Crippen LogP contribution in [0.4, 0.5) is 10.1 Å². The van der Waals surface area contributed by atoms with Crippen LogP contribution in [0.15, 0.2) is 23.2 Å². The number of nitrogens with one attached hydrogen (secondary N) is 1. The van der Waals surface area contributed by atoms with E-state index in [1.54, 1.807) is 12.3 Å². The SMILES string of the molecule is CCC(C)[C@@H]1N=Cc2cc(F)ccc2NC1=O. The first-order chi connectivity index (χ1) is 8.11. The minimum atomic E-state index is -0.393. The summed E-state index contributed by atoms with van der Waals surface area (Å²) in [6.07, 6.45) is 2.45. The number of nitrogens with zero attached hydrogens (tertiary/aromatic N) is 1. The lowest BCUT2D eigenvalue weighted by Crippen LogP contribution is -2.30. The number of hydrogen-bond donors (Lipinski definition) is 1. The highest BCUT2D eigenvalue weighted by Crippen LogP contribution is 2.21. The number of anilines is 1. The van der Waals surface area contributed by atoms with Gasteiger partial charge in [0.1, 0.15) is 11.9 Å². The maximum absolute atomic E-state index is 13.1. The van der Waals surface area contributed by atoms with Crippen molar-refractivity contribution in [3.05, 3.63) is 29.6 Å². The van der Waals surface area contributed by atoms with Crippen molar-refractivity contribution >= 4 is 17.8 Å². The Labute approximate surface area is 99.8 Å². The molecule has 0 saturated carbocycles. The maximum Gasteiger partial charge on any atom is 0.249 e. The zero-order chi connectivity index (χ0) is 12.4. The third-order valence-corrected chi connectivity index (χ3v) is 3.10. The van der Waals surface area contributed by atoms with E-state index in [0.717, 1.165) is 6.42 Å². The van der Waals surface area contributed by atoms with Gasteiger partial charge in [-0.1, -0.05) is 20.3 Å². The van der Waals surface area contributed by atoms with E-state index in [9.17, 15) is 9.18 Å². The van der Waals surface area contributed by atoms with Crippen LogP contribution in [0.2, 0.25) is 0 Å². The Bertz CT molecular complexity index is 470. The average molecular weight is 234 g/mol. The molecule has 1 unspecified atom stereocenters. The molecule has 17 heavy (non-hydrogen) atoms. The fraction of sp³-hybridized carbons (Fsp3) is 0.385. The largest absolute Gasteiger partial charge is 0.324 e. The second kappa shape index (κ2) is 4.65. The van der Waals surface area contributed by atoms with Crippen LogP contribution < -0.4 is 5.32 Å². The van der Waals surface area contributed by atoms with Gasteiger partial charge in [-0.25, -0.2) is 4.39 Å². The molecule has 1 amide bonds. The van der Waals surface area contributed by atoms with Gasteiger partial charge in [0.2, 0.25) is 5.91 Å². The molecule has 90 valence electrons. The van der Waals surface area contributed by atoms with E-state index >= 15 is 0 Å². The monoisotopic (exact) mass is 234 g/mol. The molecule has 0 saturated heterocycles. The summed E-state index contributed by atoms with van der Waals surface area (Å²) in [6, 6.07) is 3.87. The lowest BCUT2D eigenvalue weighted by Gasteiger charge is -2.16. The van der Waals surface area contributed by atoms with Crippen LogP contribution in [0.3, 0.4) is 0 Å². The van der Waals surface area contributed by atoms with E-state index in [0.29, 0.717) is 11.3 Å². The van der Waals surface area contributed by atoms with Gasteiger partial charge in [-0.05, 0) is 24.1 Å². The Morgan fingerprint density at radius 1 is 1.53 bits per heavy atom. The van der Waals surface area contributed by atoms with E-state index < -0.39 is 6.04 Å². The molecule has 0 aliphatic carbocycles. The van der Waals surface area contributed by atoms with E-state index in [-0.39, 0.29) is 17.6 Å². The maximum atomic E-state index is 13.1. The second-order valence-electron chi connectivity index (χ2n) is 4.33. The van der Waals surface area contributed by atoms with Crippen molar-refractivity contribution in [2.24, 2.45) is 10.9 Å². The van der Waals surface area contributed by atoms with Gasteiger partial charge in [0.05, 0.1) is 0 Å². The molecule has 0 radical (unpaired) electrons. The van der Waals surface area contributed by atoms with E-state index in [1.807, 2.05) is 13.8 Å². The van der Waals surface area contributed by atoms with Gasteiger partial charge in [0, 0.05) is 17.5 Å². The molecule has 1 aromatic rings. The summed E-state index contributed by atoms with van der Waals surface area (Å²) in [5.41, 5.74) is 1.23. The van der Waals surface area contributed by atoms with Gasteiger partial charge in [-0.2, -0.15) is 0 Å². The van der Waals surface area contributed by atoms with E-state index in [4.69, 9.17) is 0 Å². The summed E-state index contributed by atoms with van der Waals surface area (Å²) in [4.78, 5) is 16.2. The summed E-state index contributed by atoms with van der Waals surface area (Å²) in [6.45, 7) is 4.00. The first kappa shape index (κ1) is 11.8. The number of fused-ring (bicyclic) bond motifs is 1. The summed E-state index contributed by atoms with van der Waals surface area (Å²) in [7, 11) is 0. The molecule has 4 heteroatoms. The van der Waals surface area contributed by atoms with Crippen LogP contribution >= 0.6 is 0 Å². The Balaban J connectivity index is 2.35. The van der Waals surface area contributed by atoms with Crippen molar-refractivity contribution in [1.82, 2.24) is 0 Å². The first-order valence-corrected chi connectivity index (χ1v) is 5.75. The molecule has 1 aromatic carbocycles. The molecule has 0 spiro atoms. The molecular weight excluding hydrogens is 219 g/mol. The normalized spacial score (nSPS) is 20.4. The molecule has 1 aliphatic heterocycles. The first-order valence-electron chi connectivity index (χ1n) is 5.75. The number of amides is 1. The van der Waals surface area contributed by atoms with Crippen molar-refractivity contribution in [2.75, 3.05) is 5.32 Å². The zero-order valence-electron chi connectivity index (χ0n) is 9.90. The third kappa shape index (κ3) is 2.35. The highest BCUT2D eigenvalue weighted by Gasteiger charge is 2.25. The molecule has 0 bridgehead atoms. The van der Waals surface area contributed by atoms with Gasteiger partial charge in [-0.3, -0.25) is 9.79 Å². The Hall–Kier alpha value is -1.71. The van der Waals surface area contributed by atoms with Crippen LogP contribution in [0.25, 0.3) is 0 Å². The molecular formula is C13H15FN2O. The quantitative estimate of drug-likeness (QED) is 0.839. The van der Waals surface area contributed by atoms with Crippen molar-refractivity contribution in [2.45, 2.75) is 26.3 Å². The van der Waals surface area contributed by atoms with E-state index in [2.05, 4.69) is 10.3 Å². The van der Waals surface area contributed by atoms with Crippen molar-refractivity contribution in [3.63, 3.8) is 0 Å². The van der Waals surface area contributed by atoms with Gasteiger partial charge >= 0.3 is 0 Å². The lowest BCUT2D eigenvalue weighted by atomic mass is 9.99. The number of hydrogen-bond acceptors (Lipinski definition) is 2. The predicted molar refractivity (Wildman–Crippen MR) is 65.9 cm³/mol. The third-order valence-electron chi connectivity index (χ3n) is 3.10.